The van der Waals surface area contributed by atoms with Crippen molar-refractivity contribution in [3.63, 3.8) is 0 Å². The van der Waals surface area contributed by atoms with Gasteiger partial charge < -0.3 is 0 Å². The minimum absolute atomic E-state index is 0.0452. The number of alkyl halides is 3. The summed E-state index contributed by atoms with van der Waals surface area (Å²) < 4.78 is 82.0. The molecule has 0 bridgehead atoms. The molecule has 220 valence electrons. The van der Waals surface area contributed by atoms with Gasteiger partial charge in [-0.15, -0.1) is 0 Å². The van der Waals surface area contributed by atoms with Crippen LogP contribution in [0, 0.1) is 11.7 Å². The number of halogens is 4. The summed E-state index contributed by atoms with van der Waals surface area (Å²) in [4.78, 5) is 9.90. The summed E-state index contributed by atoms with van der Waals surface area (Å²) in [6.07, 6.45) is 5.70. The summed E-state index contributed by atoms with van der Waals surface area (Å²) >= 11 is 0. The molecule has 1 saturated carbocycles. The fourth-order valence-corrected chi connectivity index (χ4v) is 6.92. The van der Waals surface area contributed by atoms with E-state index in [1.165, 1.54) is 43.9 Å². The standard InChI is InChI=1S/C30H34F4N4O2S/c1-20(29-35-17-25(18-36-29)30(32,33)34)38-14-13-23-16-26(11-10-24(23)19-38)41(39,40)37-28-12-9-22(15-27(28)31)8-4-7-21-5-2-3-6-21/h9-12,15-18,20-21,37H,2-8,13-14,19H2,1H3. The predicted octanol–water partition coefficient (Wildman–Crippen LogP) is 7.07. The van der Waals surface area contributed by atoms with E-state index < -0.39 is 27.6 Å². The van der Waals surface area contributed by atoms with Gasteiger partial charge in [0.25, 0.3) is 10.0 Å². The average molecular weight is 591 g/mol. The summed E-state index contributed by atoms with van der Waals surface area (Å²) in [5.41, 5.74) is 1.63. The van der Waals surface area contributed by atoms with Gasteiger partial charge in [-0.25, -0.2) is 22.8 Å². The van der Waals surface area contributed by atoms with Crippen LogP contribution in [0.15, 0.2) is 53.7 Å². The molecule has 1 aliphatic carbocycles. The van der Waals surface area contributed by atoms with Crippen LogP contribution in [-0.2, 0) is 35.6 Å². The molecule has 2 aromatic carbocycles. The maximum absolute atomic E-state index is 14.8. The van der Waals surface area contributed by atoms with Crippen LogP contribution in [0.25, 0.3) is 0 Å². The summed E-state index contributed by atoms with van der Waals surface area (Å²) in [5.74, 6) is 0.466. The third-order valence-corrected chi connectivity index (χ3v) is 9.64. The Balaban J connectivity index is 1.21. The Morgan fingerprint density at radius 1 is 1.05 bits per heavy atom. The van der Waals surface area contributed by atoms with Crippen LogP contribution in [-0.4, -0.2) is 29.8 Å². The van der Waals surface area contributed by atoms with Crippen LogP contribution in [0.3, 0.4) is 0 Å². The number of nitrogens with zero attached hydrogens (tertiary/aromatic N) is 3. The lowest BCUT2D eigenvalue weighted by Crippen LogP contribution is -2.34. The zero-order valence-corrected chi connectivity index (χ0v) is 23.7. The molecule has 3 aromatic rings. The van der Waals surface area contributed by atoms with Crippen LogP contribution < -0.4 is 4.72 Å². The van der Waals surface area contributed by atoms with Gasteiger partial charge in [-0.2, -0.15) is 13.2 Å². The first-order chi connectivity index (χ1) is 19.5. The largest absolute Gasteiger partial charge is 0.419 e. The Morgan fingerprint density at radius 3 is 2.46 bits per heavy atom. The maximum Gasteiger partial charge on any atom is 0.419 e. The molecule has 41 heavy (non-hydrogen) atoms. The first-order valence-corrected chi connectivity index (χ1v) is 15.5. The summed E-state index contributed by atoms with van der Waals surface area (Å²) in [6, 6.07) is 9.15. The van der Waals surface area contributed by atoms with E-state index >= 15 is 0 Å². The quantitative estimate of drug-likeness (QED) is 0.270. The lowest BCUT2D eigenvalue weighted by molar-refractivity contribution is -0.138. The van der Waals surface area contributed by atoms with E-state index in [2.05, 4.69) is 14.7 Å². The molecule has 11 heteroatoms. The van der Waals surface area contributed by atoms with Crippen molar-refractivity contribution in [1.29, 1.82) is 0 Å². The second-order valence-corrected chi connectivity index (χ2v) is 12.8. The highest BCUT2D eigenvalue weighted by molar-refractivity contribution is 7.92. The van der Waals surface area contributed by atoms with Crippen LogP contribution in [0.1, 0.15) is 79.6 Å². The Morgan fingerprint density at radius 2 is 1.78 bits per heavy atom. The third kappa shape index (κ3) is 7.06. The topological polar surface area (TPSA) is 75.2 Å². The van der Waals surface area contributed by atoms with Crippen molar-refractivity contribution in [3.8, 4) is 0 Å². The van der Waals surface area contributed by atoms with Crippen molar-refractivity contribution in [3.05, 3.63) is 82.7 Å². The molecular formula is C30H34F4N4O2S. The smallest absolute Gasteiger partial charge is 0.289 e. The predicted molar refractivity (Wildman–Crippen MR) is 148 cm³/mol. The van der Waals surface area contributed by atoms with Gasteiger partial charge in [0.2, 0.25) is 0 Å². The van der Waals surface area contributed by atoms with E-state index in [9.17, 15) is 26.0 Å². The molecule has 0 spiro atoms. The van der Waals surface area contributed by atoms with Crippen molar-refractivity contribution >= 4 is 15.7 Å². The minimum atomic E-state index is -4.50. The number of nitrogens with one attached hydrogen (secondary N) is 1. The first-order valence-electron chi connectivity index (χ1n) is 14.1. The number of benzene rings is 2. The molecule has 2 heterocycles. The zero-order chi connectivity index (χ0) is 29.2. The number of anilines is 1. The Bertz CT molecular complexity index is 1470. The Hall–Kier alpha value is -3.05. The van der Waals surface area contributed by atoms with Gasteiger partial charge in [0, 0.05) is 25.5 Å². The van der Waals surface area contributed by atoms with Crippen molar-refractivity contribution in [1.82, 2.24) is 14.9 Å². The number of aryl methyl sites for hydroxylation is 1. The lowest BCUT2D eigenvalue weighted by atomic mass is 9.98. The average Bonchev–Trinajstić information content (AvgIpc) is 3.47. The van der Waals surface area contributed by atoms with Crippen molar-refractivity contribution < 1.29 is 26.0 Å². The molecular weight excluding hydrogens is 556 g/mol. The van der Waals surface area contributed by atoms with Crippen LogP contribution >= 0.6 is 0 Å². The van der Waals surface area contributed by atoms with Crippen LogP contribution in [0.4, 0.5) is 23.2 Å². The fraction of sp³-hybridized carbons (Fsp3) is 0.467. The highest BCUT2D eigenvalue weighted by Crippen LogP contribution is 2.32. The number of rotatable bonds is 9. The van der Waals surface area contributed by atoms with E-state index in [-0.39, 0.29) is 22.4 Å². The second kappa shape index (κ2) is 12.1. The number of hydrogen-bond donors (Lipinski definition) is 1. The van der Waals surface area contributed by atoms with E-state index in [1.807, 2.05) is 11.8 Å². The molecule has 1 fully saturated rings. The first kappa shape index (κ1) is 29.4. The summed E-state index contributed by atoms with van der Waals surface area (Å²) in [6.45, 7) is 2.84. The maximum atomic E-state index is 14.8. The highest BCUT2D eigenvalue weighted by Gasteiger charge is 2.32. The highest BCUT2D eigenvalue weighted by atomic mass is 32.2. The van der Waals surface area contributed by atoms with Crippen molar-refractivity contribution in [2.24, 2.45) is 5.92 Å². The molecule has 5 rings (SSSR count). The van der Waals surface area contributed by atoms with Gasteiger partial charge in [0.05, 0.1) is 22.2 Å². The number of fused-ring (bicyclic) bond motifs is 1. The summed E-state index contributed by atoms with van der Waals surface area (Å²) in [5, 5.41) is 0. The molecule has 0 amide bonds. The number of hydrogen-bond acceptors (Lipinski definition) is 5. The Kier molecular flexibility index (Phi) is 8.65. The van der Waals surface area contributed by atoms with E-state index in [0.29, 0.717) is 19.5 Å². The molecule has 1 atom stereocenters. The monoisotopic (exact) mass is 590 g/mol. The minimum Gasteiger partial charge on any atom is -0.289 e. The molecule has 1 aromatic heterocycles. The van der Waals surface area contributed by atoms with Gasteiger partial charge in [0.15, 0.2) is 0 Å². The molecule has 6 nitrogen and oxygen atoms in total. The number of aromatic nitrogens is 2. The Labute approximate surface area is 238 Å². The van der Waals surface area contributed by atoms with Gasteiger partial charge in [-0.1, -0.05) is 44.2 Å². The molecule has 1 unspecified atom stereocenters. The molecule has 2 aliphatic rings. The normalized spacial score (nSPS) is 17.4. The summed E-state index contributed by atoms with van der Waals surface area (Å²) in [7, 11) is -4.01. The van der Waals surface area contributed by atoms with Gasteiger partial charge >= 0.3 is 6.18 Å². The SMILES string of the molecule is CC(c1ncc(C(F)(F)F)cn1)N1CCc2cc(S(=O)(=O)Nc3ccc(CCCC4CCCC4)cc3F)ccc2C1. The molecule has 1 aliphatic heterocycles. The number of sulfonamides is 1. The van der Waals surface area contributed by atoms with Gasteiger partial charge in [0.1, 0.15) is 11.6 Å². The fourth-order valence-electron chi connectivity index (χ4n) is 5.81. The lowest BCUT2D eigenvalue weighted by Gasteiger charge is -2.33. The van der Waals surface area contributed by atoms with Gasteiger partial charge in [-0.05, 0) is 73.1 Å². The zero-order valence-electron chi connectivity index (χ0n) is 22.9. The van der Waals surface area contributed by atoms with E-state index in [4.69, 9.17) is 0 Å². The van der Waals surface area contributed by atoms with Crippen LogP contribution in [0.5, 0.6) is 0 Å². The molecule has 0 radical (unpaired) electrons. The third-order valence-electron chi connectivity index (χ3n) is 8.28. The second-order valence-electron chi connectivity index (χ2n) is 11.1. The van der Waals surface area contributed by atoms with Gasteiger partial charge in [-0.3, -0.25) is 9.62 Å². The van der Waals surface area contributed by atoms with E-state index in [0.717, 1.165) is 54.3 Å². The van der Waals surface area contributed by atoms with Crippen molar-refractivity contribution in [2.45, 2.75) is 81.9 Å². The van der Waals surface area contributed by atoms with E-state index in [1.54, 1.807) is 18.2 Å². The van der Waals surface area contributed by atoms with Crippen LogP contribution in [0.2, 0.25) is 0 Å². The van der Waals surface area contributed by atoms with Crippen molar-refractivity contribution in [2.75, 3.05) is 11.3 Å². The molecule has 0 saturated heterocycles. The molecule has 1 N–H and O–H groups in total.